The van der Waals surface area contributed by atoms with Gasteiger partial charge in [-0.3, -0.25) is 23.7 Å². The quantitative estimate of drug-likeness (QED) is 0.206. The van der Waals surface area contributed by atoms with E-state index in [1.54, 1.807) is 18.7 Å². The highest BCUT2D eigenvalue weighted by Gasteiger charge is 2.27. The van der Waals surface area contributed by atoms with E-state index in [0.717, 1.165) is 69.9 Å². The maximum absolute atomic E-state index is 14.7. The van der Waals surface area contributed by atoms with Crippen LogP contribution < -0.4 is 22.2 Å². The van der Waals surface area contributed by atoms with Crippen molar-refractivity contribution in [3.8, 4) is 22.3 Å². The van der Waals surface area contributed by atoms with Crippen LogP contribution in [0.15, 0.2) is 33.9 Å². The minimum atomic E-state index is -0.636. The lowest BCUT2D eigenvalue weighted by molar-refractivity contribution is -0.120. The number of nitrogens with two attached hydrogens (primary N) is 1. The van der Waals surface area contributed by atoms with Crippen LogP contribution in [0.1, 0.15) is 57.8 Å². The van der Waals surface area contributed by atoms with Crippen LogP contribution in [0.4, 0.5) is 20.2 Å². The number of hydrogen-bond acceptors (Lipinski definition) is 4. The summed E-state index contributed by atoms with van der Waals surface area (Å²) < 4.78 is 35.3. The summed E-state index contributed by atoms with van der Waals surface area (Å²) in [4.78, 5) is 37.8. The van der Waals surface area contributed by atoms with Gasteiger partial charge in [-0.25, -0.2) is 18.1 Å². The third-order valence-electron chi connectivity index (χ3n) is 9.24. The lowest BCUT2D eigenvalue weighted by Crippen LogP contribution is -2.27. The third kappa shape index (κ3) is 6.54. The number of amides is 1. The molecular weight excluding hydrogens is 708 g/mol. The summed E-state index contributed by atoms with van der Waals surface area (Å²) in [6.07, 6.45) is 8.54. The maximum atomic E-state index is 14.7. The van der Waals surface area contributed by atoms with Crippen LogP contribution in [0.5, 0.6) is 0 Å². The molecule has 2 aromatic heterocycles. The van der Waals surface area contributed by atoms with Crippen molar-refractivity contribution in [1.29, 1.82) is 0 Å². The largest absolute Gasteiger partial charge is 0.398 e. The summed E-state index contributed by atoms with van der Waals surface area (Å²) in [5.41, 5.74) is 6.01. The lowest BCUT2D eigenvalue weighted by atomic mass is 9.88. The van der Waals surface area contributed by atoms with Gasteiger partial charge >= 0.3 is 0 Å². The van der Waals surface area contributed by atoms with E-state index in [0.29, 0.717) is 31.9 Å². The monoisotopic (exact) mass is 740 g/mol. The highest BCUT2D eigenvalue weighted by Crippen LogP contribution is 2.36. The number of hydrogen-bond donors (Lipinski definition) is 2. The van der Waals surface area contributed by atoms with Crippen molar-refractivity contribution in [2.24, 2.45) is 5.92 Å². The number of nitrogen functional groups attached to an aromatic ring is 1. The van der Waals surface area contributed by atoms with Gasteiger partial charge in [-0.2, -0.15) is 0 Å². The first-order valence-corrected chi connectivity index (χ1v) is 17.5. The van der Waals surface area contributed by atoms with Crippen molar-refractivity contribution in [2.75, 3.05) is 11.1 Å². The Hall–Kier alpha value is -3.25. The van der Waals surface area contributed by atoms with Crippen molar-refractivity contribution in [1.82, 2.24) is 18.7 Å². The second kappa shape index (κ2) is 14.3. The molecular formula is C33H34Cl4F2N6O3. The molecule has 15 heteroatoms. The molecule has 0 unspecified atom stereocenters. The van der Waals surface area contributed by atoms with Crippen molar-refractivity contribution in [2.45, 2.75) is 84.0 Å². The topological polar surface area (TPSA) is 109 Å². The maximum Gasteiger partial charge on any atom is 0.276 e. The fourth-order valence-electron chi connectivity index (χ4n) is 6.70. The Morgan fingerprint density at radius 3 is 1.62 bits per heavy atom. The number of carbonyl (C=O) groups excluding carboxylic acids is 1. The van der Waals surface area contributed by atoms with Crippen LogP contribution in [-0.4, -0.2) is 24.6 Å². The molecule has 0 bridgehead atoms. The van der Waals surface area contributed by atoms with Crippen molar-refractivity contribution < 1.29 is 13.6 Å². The molecule has 0 atom stereocenters. The molecule has 9 nitrogen and oxygen atoms in total. The molecule has 1 fully saturated rings. The Morgan fingerprint density at radius 1 is 0.667 bits per heavy atom. The van der Waals surface area contributed by atoms with Gasteiger partial charge in [0.2, 0.25) is 5.91 Å². The van der Waals surface area contributed by atoms with Crippen LogP contribution in [0.25, 0.3) is 22.3 Å². The van der Waals surface area contributed by atoms with Gasteiger partial charge in [-0.1, -0.05) is 65.7 Å². The second-order valence-electron chi connectivity index (χ2n) is 12.3. The summed E-state index contributed by atoms with van der Waals surface area (Å²) in [6, 6.07) is 5.01. The van der Waals surface area contributed by atoms with Gasteiger partial charge in [0.1, 0.15) is 21.9 Å². The Morgan fingerprint density at radius 2 is 1.12 bits per heavy atom. The number of fused-ring (bicyclic) bond motifs is 2. The van der Waals surface area contributed by atoms with Crippen LogP contribution >= 0.6 is 46.4 Å². The SMILES string of the molecule is Nc1cc(-c2c(Cl)n3n(c2=O)CCCC3)c(F)cc1Cl.O=C(Nc1cc(-c2c(Cl)n3n(c2=O)CCCC3)c(F)cc1Cl)C1CCCCC1. The van der Waals surface area contributed by atoms with Gasteiger partial charge in [0, 0.05) is 43.2 Å². The minimum absolute atomic E-state index is 0.0608. The average molecular weight is 742 g/mol. The number of rotatable bonds is 4. The first kappa shape index (κ1) is 34.6. The summed E-state index contributed by atoms with van der Waals surface area (Å²) >= 11 is 24.6. The third-order valence-corrected chi connectivity index (χ3v) is 10.6. The number of nitrogens with one attached hydrogen (secondary N) is 1. The Balaban J connectivity index is 0.000000177. The van der Waals surface area contributed by atoms with Gasteiger partial charge < -0.3 is 11.1 Å². The molecule has 2 aliphatic heterocycles. The summed E-state index contributed by atoms with van der Waals surface area (Å²) in [5.74, 6) is -1.41. The van der Waals surface area contributed by atoms with Crippen LogP contribution in [0.2, 0.25) is 20.4 Å². The molecule has 1 amide bonds. The first-order valence-electron chi connectivity index (χ1n) is 16.0. The van der Waals surface area contributed by atoms with Crippen LogP contribution in [0.3, 0.4) is 0 Å². The van der Waals surface area contributed by atoms with E-state index in [1.165, 1.54) is 12.1 Å². The zero-order chi connectivity index (χ0) is 34.3. The highest BCUT2D eigenvalue weighted by molar-refractivity contribution is 6.35. The van der Waals surface area contributed by atoms with Crippen LogP contribution in [-0.2, 0) is 31.0 Å². The molecule has 4 aromatic rings. The molecule has 0 spiro atoms. The minimum Gasteiger partial charge on any atom is -0.398 e. The zero-order valence-corrected chi connectivity index (χ0v) is 29.0. The summed E-state index contributed by atoms with van der Waals surface area (Å²) in [5, 5.41) is 3.50. The Labute approximate surface area is 295 Å². The summed E-state index contributed by atoms with van der Waals surface area (Å²) in [6.45, 7) is 2.41. The standard InChI is InChI=1S/C20H22Cl2FN3O2.C13H12Cl2FN3O/c21-14-11-15(23)13(10-16(14)24-19(27)12-6-2-1-3-7-12)17-18(22)25-8-4-5-9-26(25)20(17)28;14-8-6-9(16)7(5-10(8)17)11-12(15)18-3-1-2-4-19(18)13(11)20/h10-12H,1-9H2,(H,24,27);5-6H,1-4,17H2. The molecule has 7 rings (SSSR count). The highest BCUT2D eigenvalue weighted by atomic mass is 35.5. The van der Waals surface area contributed by atoms with Crippen molar-refractivity contribution >= 4 is 63.7 Å². The van der Waals surface area contributed by atoms with Gasteiger partial charge in [-0.05, 0) is 62.8 Å². The molecule has 2 aromatic carbocycles. The van der Waals surface area contributed by atoms with E-state index in [9.17, 15) is 23.2 Å². The number of halogens is 6. The van der Waals surface area contributed by atoms with E-state index in [-0.39, 0.29) is 71.2 Å². The summed E-state index contributed by atoms with van der Waals surface area (Å²) in [7, 11) is 0. The molecule has 3 aliphatic rings. The van der Waals surface area contributed by atoms with Crippen LogP contribution in [0, 0.1) is 17.6 Å². The number of carbonyl (C=O) groups is 1. The first-order chi connectivity index (χ1) is 23.0. The van der Waals surface area contributed by atoms with E-state index in [4.69, 9.17) is 52.1 Å². The zero-order valence-electron chi connectivity index (χ0n) is 25.9. The Bertz CT molecular complexity index is 2010. The molecule has 48 heavy (non-hydrogen) atoms. The molecule has 4 heterocycles. The Kier molecular flexibility index (Phi) is 10.3. The van der Waals surface area contributed by atoms with E-state index < -0.39 is 11.6 Å². The lowest BCUT2D eigenvalue weighted by Gasteiger charge is -2.21. The molecule has 1 saturated carbocycles. The molecule has 3 N–H and O–H groups in total. The molecule has 0 radical (unpaired) electrons. The predicted octanol–water partition coefficient (Wildman–Crippen LogP) is 8.21. The number of aromatic nitrogens is 4. The molecule has 1 aliphatic carbocycles. The number of nitrogens with zero attached hydrogens (tertiary/aromatic N) is 4. The van der Waals surface area contributed by atoms with Gasteiger partial charge in [0.15, 0.2) is 0 Å². The normalized spacial score (nSPS) is 16.1. The van der Waals surface area contributed by atoms with E-state index in [1.807, 2.05) is 0 Å². The second-order valence-corrected chi connectivity index (χ2v) is 13.9. The van der Waals surface area contributed by atoms with Gasteiger partial charge in [0.25, 0.3) is 11.1 Å². The smallest absolute Gasteiger partial charge is 0.276 e. The average Bonchev–Trinajstić information content (AvgIpc) is 3.49. The molecule has 0 saturated heterocycles. The van der Waals surface area contributed by atoms with Gasteiger partial charge in [-0.15, -0.1) is 0 Å². The molecule has 256 valence electrons. The van der Waals surface area contributed by atoms with E-state index >= 15 is 0 Å². The fraction of sp³-hybridized carbons (Fsp3) is 0.424. The number of anilines is 2. The predicted molar refractivity (Wildman–Crippen MR) is 186 cm³/mol. The van der Waals surface area contributed by atoms with Gasteiger partial charge in [0.05, 0.1) is 32.5 Å². The fourth-order valence-corrected chi connectivity index (χ4v) is 7.76. The van der Waals surface area contributed by atoms with Crippen molar-refractivity contribution in [3.63, 3.8) is 0 Å². The van der Waals surface area contributed by atoms with Crippen molar-refractivity contribution in [3.05, 3.63) is 77.0 Å². The van der Waals surface area contributed by atoms with E-state index in [2.05, 4.69) is 5.32 Å². The number of benzene rings is 2.